The zero-order chi connectivity index (χ0) is 21.7. The summed E-state index contributed by atoms with van der Waals surface area (Å²) in [6, 6.07) is 7.88. The Morgan fingerprint density at radius 2 is 1.94 bits per heavy atom. The Kier molecular flexibility index (Phi) is 4.88. The third-order valence-corrected chi connectivity index (χ3v) is 7.05. The van der Waals surface area contributed by atoms with Crippen LogP contribution >= 0.6 is 0 Å². The predicted molar refractivity (Wildman–Crippen MR) is 119 cm³/mol. The molecule has 0 amide bonds. The molecular weight excluding hydrogens is 388 g/mol. The van der Waals surface area contributed by atoms with E-state index in [4.69, 9.17) is 9.72 Å². The van der Waals surface area contributed by atoms with Crippen molar-refractivity contribution in [2.75, 3.05) is 6.61 Å². The summed E-state index contributed by atoms with van der Waals surface area (Å²) in [6.45, 7) is 6.66. The Balaban J connectivity index is 1.37. The van der Waals surface area contributed by atoms with Crippen LogP contribution in [0.1, 0.15) is 47.7 Å². The lowest BCUT2D eigenvalue weighted by molar-refractivity contribution is 0.280. The molecule has 0 spiro atoms. The maximum absolute atomic E-state index is 12.0. The second-order valence-electron chi connectivity index (χ2n) is 8.92. The number of hydrogen-bond acceptors (Lipinski definition) is 5. The van der Waals surface area contributed by atoms with Crippen molar-refractivity contribution in [1.29, 1.82) is 0 Å². The minimum Gasteiger partial charge on any atom is -0.477 e. The smallest absolute Gasteiger partial charge is 0.250 e. The van der Waals surface area contributed by atoms with Crippen molar-refractivity contribution in [2.45, 2.75) is 46.0 Å². The van der Waals surface area contributed by atoms with Gasteiger partial charge in [0.2, 0.25) is 11.4 Å². The summed E-state index contributed by atoms with van der Waals surface area (Å²) < 4.78 is 7.91. The molecule has 6 nitrogen and oxygen atoms in total. The molecule has 0 radical (unpaired) electrons. The molecule has 1 fully saturated rings. The molecule has 3 aromatic heterocycles. The van der Waals surface area contributed by atoms with E-state index >= 15 is 0 Å². The van der Waals surface area contributed by atoms with E-state index in [1.54, 1.807) is 23.9 Å². The maximum atomic E-state index is 12.0. The Bertz CT molecular complexity index is 1220. The van der Waals surface area contributed by atoms with E-state index in [0.29, 0.717) is 36.1 Å². The van der Waals surface area contributed by atoms with Gasteiger partial charge >= 0.3 is 0 Å². The zero-order valence-corrected chi connectivity index (χ0v) is 18.6. The molecule has 0 bridgehead atoms. The van der Waals surface area contributed by atoms with Crippen molar-refractivity contribution in [3.05, 3.63) is 69.3 Å². The summed E-state index contributed by atoms with van der Waals surface area (Å²) in [4.78, 5) is 25.9. The molecule has 1 saturated carbocycles. The molecule has 31 heavy (non-hydrogen) atoms. The summed E-state index contributed by atoms with van der Waals surface area (Å²) in [6.07, 6.45) is 5.28. The molecule has 6 heteroatoms. The lowest BCUT2D eigenvalue weighted by atomic mass is 10.1. The minimum atomic E-state index is -0.0340. The van der Waals surface area contributed by atoms with Gasteiger partial charge in [-0.05, 0) is 56.7 Å². The lowest BCUT2D eigenvalue weighted by Crippen LogP contribution is -2.18. The highest BCUT2D eigenvalue weighted by Crippen LogP contribution is 2.53. The standard InChI is InChI=1S/C25H28N4O2/c1-14-20(24(14)22-10-8-17-6-5-7-21(17)28-22)13-31-25-19(12-26-16(3)27-25)18-9-11-23(30)29(4)15(18)2/h8-12,14,20,24H,5-7,13H2,1-4H3. The minimum absolute atomic E-state index is 0.0340. The van der Waals surface area contributed by atoms with Gasteiger partial charge in [-0.1, -0.05) is 13.0 Å². The Labute approximate surface area is 182 Å². The van der Waals surface area contributed by atoms with Gasteiger partial charge in [-0.15, -0.1) is 0 Å². The lowest BCUT2D eigenvalue weighted by Gasteiger charge is -2.14. The van der Waals surface area contributed by atoms with Crippen LogP contribution in [-0.4, -0.2) is 26.1 Å². The highest BCUT2D eigenvalue weighted by molar-refractivity contribution is 5.69. The largest absolute Gasteiger partial charge is 0.477 e. The predicted octanol–water partition coefficient (Wildman–Crippen LogP) is 3.77. The first-order valence-electron chi connectivity index (χ1n) is 11.1. The molecule has 0 N–H and O–H groups in total. The van der Waals surface area contributed by atoms with Gasteiger partial charge in [0.25, 0.3) is 0 Å². The quantitative estimate of drug-likeness (QED) is 0.633. The van der Waals surface area contributed by atoms with Crippen LogP contribution in [0.15, 0.2) is 35.3 Å². The Hall–Kier alpha value is -3.02. The van der Waals surface area contributed by atoms with Gasteiger partial charge in [0.15, 0.2) is 0 Å². The number of ether oxygens (including phenoxy) is 1. The van der Waals surface area contributed by atoms with Crippen molar-refractivity contribution in [3.8, 4) is 17.0 Å². The molecule has 2 aliphatic carbocycles. The number of rotatable bonds is 5. The average Bonchev–Trinajstić information content (AvgIpc) is 3.17. The molecule has 0 aromatic carbocycles. The third kappa shape index (κ3) is 3.54. The molecule has 3 atom stereocenters. The van der Waals surface area contributed by atoms with E-state index in [-0.39, 0.29) is 5.56 Å². The number of hydrogen-bond donors (Lipinski definition) is 0. The molecule has 3 heterocycles. The Morgan fingerprint density at radius 1 is 1.10 bits per heavy atom. The van der Waals surface area contributed by atoms with E-state index in [1.165, 1.54) is 23.4 Å². The van der Waals surface area contributed by atoms with Crippen LogP contribution in [0.3, 0.4) is 0 Å². The molecule has 0 aliphatic heterocycles. The maximum Gasteiger partial charge on any atom is 0.250 e. The van der Waals surface area contributed by atoms with Crippen molar-refractivity contribution in [2.24, 2.45) is 18.9 Å². The zero-order valence-electron chi connectivity index (χ0n) is 18.6. The van der Waals surface area contributed by atoms with Gasteiger partial charge in [-0.25, -0.2) is 4.98 Å². The Morgan fingerprint density at radius 3 is 2.77 bits per heavy atom. The van der Waals surface area contributed by atoms with Crippen LogP contribution in [-0.2, 0) is 19.9 Å². The first kappa shape index (κ1) is 19.9. The first-order chi connectivity index (χ1) is 14.9. The van der Waals surface area contributed by atoms with Gasteiger partial charge in [0.05, 0.1) is 12.2 Å². The number of pyridine rings is 2. The number of nitrogens with zero attached hydrogens (tertiary/aromatic N) is 4. The van der Waals surface area contributed by atoms with Gasteiger partial charge in [-0.3, -0.25) is 9.78 Å². The molecule has 5 rings (SSSR count). The van der Waals surface area contributed by atoms with E-state index < -0.39 is 0 Å². The normalized spacial score (nSPS) is 21.7. The van der Waals surface area contributed by atoms with E-state index in [9.17, 15) is 4.79 Å². The number of aryl methyl sites for hydroxylation is 3. The van der Waals surface area contributed by atoms with Gasteiger partial charge in [0.1, 0.15) is 5.82 Å². The second kappa shape index (κ2) is 7.59. The van der Waals surface area contributed by atoms with Crippen LogP contribution < -0.4 is 10.3 Å². The molecule has 0 saturated heterocycles. The monoisotopic (exact) mass is 416 g/mol. The van der Waals surface area contributed by atoms with Gasteiger partial charge in [-0.2, -0.15) is 4.98 Å². The van der Waals surface area contributed by atoms with Crippen molar-refractivity contribution in [3.63, 3.8) is 0 Å². The fourth-order valence-corrected chi connectivity index (χ4v) is 4.85. The van der Waals surface area contributed by atoms with Crippen molar-refractivity contribution >= 4 is 0 Å². The van der Waals surface area contributed by atoms with E-state index in [1.807, 2.05) is 19.9 Å². The average molecular weight is 417 g/mol. The summed E-state index contributed by atoms with van der Waals surface area (Å²) in [5.74, 6) is 2.65. The summed E-state index contributed by atoms with van der Waals surface area (Å²) in [5.41, 5.74) is 6.47. The molecule has 160 valence electrons. The van der Waals surface area contributed by atoms with Crippen LogP contribution in [0.25, 0.3) is 11.1 Å². The molecule has 2 aliphatic rings. The summed E-state index contributed by atoms with van der Waals surface area (Å²) >= 11 is 0. The SMILES string of the molecule is Cc1ncc(-c2ccc(=O)n(C)c2C)c(OCC2C(C)C2c2ccc3c(n2)CCC3)n1. The van der Waals surface area contributed by atoms with E-state index in [2.05, 4.69) is 29.0 Å². The van der Waals surface area contributed by atoms with Gasteiger partial charge in [0, 0.05) is 53.8 Å². The number of fused-ring (bicyclic) bond motifs is 1. The van der Waals surface area contributed by atoms with Crippen LogP contribution in [0.5, 0.6) is 5.88 Å². The second-order valence-corrected chi connectivity index (χ2v) is 8.92. The van der Waals surface area contributed by atoms with Crippen LogP contribution in [0.4, 0.5) is 0 Å². The van der Waals surface area contributed by atoms with E-state index in [0.717, 1.165) is 29.7 Å². The molecule has 3 aromatic rings. The van der Waals surface area contributed by atoms with Crippen LogP contribution in [0, 0.1) is 25.7 Å². The number of aromatic nitrogens is 4. The fraction of sp³-hybridized carbons (Fsp3) is 0.440. The highest BCUT2D eigenvalue weighted by atomic mass is 16.5. The van der Waals surface area contributed by atoms with Crippen molar-refractivity contribution in [1.82, 2.24) is 19.5 Å². The fourth-order valence-electron chi connectivity index (χ4n) is 4.85. The summed E-state index contributed by atoms with van der Waals surface area (Å²) in [7, 11) is 1.77. The van der Waals surface area contributed by atoms with Crippen molar-refractivity contribution < 1.29 is 4.74 Å². The van der Waals surface area contributed by atoms with Gasteiger partial charge < -0.3 is 9.30 Å². The highest BCUT2D eigenvalue weighted by Gasteiger charge is 2.49. The molecule has 3 unspecified atom stereocenters. The topological polar surface area (TPSA) is 69.9 Å². The first-order valence-corrected chi connectivity index (χ1v) is 11.1. The summed E-state index contributed by atoms with van der Waals surface area (Å²) in [5, 5.41) is 0. The molecular formula is C25H28N4O2. The third-order valence-electron chi connectivity index (χ3n) is 7.05. The van der Waals surface area contributed by atoms with Crippen LogP contribution in [0.2, 0.25) is 0 Å².